The molecule has 104 valence electrons. The Balaban J connectivity index is 2.16. The highest BCUT2D eigenvalue weighted by atomic mass is 32.2. The molecule has 0 atom stereocenters. The van der Waals surface area contributed by atoms with Gasteiger partial charge in [-0.1, -0.05) is 44.2 Å². The number of thioether (sulfide) groups is 1. The predicted molar refractivity (Wildman–Crippen MR) is 78.9 cm³/mol. The first-order valence-corrected chi connectivity index (χ1v) is 7.31. The lowest BCUT2D eigenvalue weighted by atomic mass is 10.2. The van der Waals surface area contributed by atoms with Gasteiger partial charge >= 0.3 is 0 Å². The molecule has 0 bridgehead atoms. The van der Waals surface area contributed by atoms with Gasteiger partial charge < -0.3 is 10.6 Å². The normalized spacial score (nSPS) is 10.3. The van der Waals surface area contributed by atoms with Crippen LogP contribution in [0, 0.1) is 0 Å². The van der Waals surface area contributed by atoms with E-state index < -0.39 is 0 Å². The van der Waals surface area contributed by atoms with Crippen LogP contribution in [0.5, 0.6) is 0 Å². The van der Waals surface area contributed by atoms with E-state index in [-0.39, 0.29) is 18.4 Å². The minimum Gasteiger partial charge on any atom is -0.350 e. The van der Waals surface area contributed by atoms with Gasteiger partial charge in [-0.05, 0) is 10.8 Å². The summed E-state index contributed by atoms with van der Waals surface area (Å²) in [5.74, 6) is 0.115. The van der Waals surface area contributed by atoms with E-state index in [0.717, 1.165) is 5.56 Å². The summed E-state index contributed by atoms with van der Waals surface area (Å²) in [7, 11) is 0. The van der Waals surface area contributed by atoms with Crippen molar-refractivity contribution in [2.45, 2.75) is 25.6 Å². The Bertz CT molecular complexity index is 407. The summed E-state index contributed by atoms with van der Waals surface area (Å²) < 4.78 is 0. The first-order valence-electron chi connectivity index (χ1n) is 6.27. The van der Waals surface area contributed by atoms with Crippen LogP contribution in [0.1, 0.15) is 19.4 Å². The van der Waals surface area contributed by atoms with Gasteiger partial charge in [-0.25, -0.2) is 0 Å². The molecule has 0 spiro atoms. The van der Waals surface area contributed by atoms with Crippen LogP contribution >= 0.6 is 11.8 Å². The molecule has 0 unspecified atom stereocenters. The van der Waals surface area contributed by atoms with Gasteiger partial charge in [0.25, 0.3) is 0 Å². The number of amides is 2. The zero-order valence-electron chi connectivity index (χ0n) is 11.3. The maximum atomic E-state index is 11.5. The fourth-order valence-electron chi connectivity index (χ4n) is 1.33. The molecule has 0 aliphatic rings. The Morgan fingerprint density at radius 1 is 1.11 bits per heavy atom. The lowest BCUT2D eigenvalue weighted by molar-refractivity contribution is -0.124. The number of carbonyl (C=O) groups is 2. The molecule has 1 rings (SSSR count). The summed E-state index contributed by atoms with van der Waals surface area (Å²) in [6, 6.07) is 9.66. The maximum absolute atomic E-state index is 11.5. The molecule has 4 nitrogen and oxygen atoms in total. The van der Waals surface area contributed by atoms with Crippen molar-refractivity contribution in [3.05, 3.63) is 35.9 Å². The van der Waals surface area contributed by atoms with Crippen LogP contribution in [0.4, 0.5) is 0 Å². The molecule has 1 aromatic rings. The highest BCUT2D eigenvalue weighted by Crippen LogP contribution is 2.07. The summed E-state index contributed by atoms with van der Waals surface area (Å²) in [5, 5.41) is 5.78. The quantitative estimate of drug-likeness (QED) is 0.797. The molecule has 5 heteroatoms. The van der Waals surface area contributed by atoms with Gasteiger partial charge in [-0.15, -0.1) is 11.8 Å². The number of benzene rings is 1. The van der Waals surface area contributed by atoms with E-state index in [1.54, 1.807) is 11.8 Å². The minimum atomic E-state index is -0.174. The first-order chi connectivity index (χ1) is 9.08. The van der Waals surface area contributed by atoms with Crippen molar-refractivity contribution < 1.29 is 9.59 Å². The topological polar surface area (TPSA) is 58.2 Å². The SMILES string of the molecule is CC(C)SCC(=O)NCC(=O)NCc1ccccc1. The molecule has 19 heavy (non-hydrogen) atoms. The number of rotatable bonds is 7. The number of hydrogen-bond acceptors (Lipinski definition) is 3. The minimum absolute atomic E-state index is 0.0321. The third-order valence-electron chi connectivity index (χ3n) is 2.33. The summed E-state index contributed by atoms with van der Waals surface area (Å²) in [5.41, 5.74) is 1.04. The number of nitrogens with one attached hydrogen (secondary N) is 2. The largest absolute Gasteiger partial charge is 0.350 e. The molecule has 0 aliphatic carbocycles. The van der Waals surface area contributed by atoms with Crippen molar-refractivity contribution in [3.63, 3.8) is 0 Å². The summed E-state index contributed by atoms with van der Waals surface area (Å²) in [6.45, 7) is 4.58. The van der Waals surface area contributed by atoms with Crippen molar-refractivity contribution in [1.82, 2.24) is 10.6 Å². The average Bonchev–Trinajstić information content (AvgIpc) is 2.41. The van der Waals surface area contributed by atoms with Crippen molar-refractivity contribution in [3.8, 4) is 0 Å². The predicted octanol–water partition coefficient (Wildman–Crippen LogP) is 1.56. The van der Waals surface area contributed by atoms with Gasteiger partial charge in [0.2, 0.25) is 11.8 Å². The molecule has 1 aromatic carbocycles. The summed E-state index contributed by atoms with van der Waals surface area (Å²) in [6.07, 6.45) is 0. The van der Waals surface area contributed by atoms with Gasteiger partial charge in [0.05, 0.1) is 12.3 Å². The van der Waals surface area contributed by atoms with E-state index in [0.29, 0.717) is 17.5 Å². The van der Waals surface area contributed by atoms with Crippen molar-refractivity contribution in [1.29, 1.82) is 0 Å². The second-order valence-corrected chi connectivity index (χ2v) is 5.96. The Morgan fingerprint density at radius 3 is 2.42 bits per heavy atom. The zero-order valence-corrected chi connectivity index (χ0v) is 12.1. The van der Waals surface area contributed by atoms with E-state index in [4.69, 9.17) is 0 Å². The molecule has 0 saturated heterocycles. The molecule has 2 amide bonds. The monoisotopic (exact) mass is 280 g/mol. The van der Waals surface area contributed by atoms with E-state index in [1.165, 1.54) is 0 Å². The van der Waals surface area contributed by atoms with E-state index in [9.17, 15) is 9.59 Å². The summed E-state index contributed by atoms with van der Waals surface area (Å²) >= 11 is 1.56. The fourth-order valence-corrected chi connectivity index (χ4v) is 1.92. The second kappa shape index (κ2) is 8.58. The highest BCUT2D eigenvalue weighted by Gasteiger charge is 2.06. The van der Waals surface area contributed by atoms with Gasteiger partial charge in [-0.3, -0.25) is 9.59 Å². The van der Waals surface area contributed by atoms with Crippen molar-refractivity contribution >= 4 is 23.6 Å². The second-order valence-electron chi connectivity index (χ2n) is 4.40. The molecular formula is C14H20N2O2S. The third-order valence-corrected chi connectivity index (χ3v) is 3.42. The van der Waals surface area contributed by atoms with Crippen molar-refractivity contribution in [2.24, 2.45) is 0 Å². The maximum Gasteiger partial charge on any atom is 0.239 e. The van der Waals surface area contributed by atoms with Crippen molar-refractivity contribution in [2.75, 3.05) is 12.3 Å². The molecule has 0 heterocycles. The van der Waals surface area contributed by atoms with E-state index in [1.807, 2.05) is 44.2 Å². The van der Waals surface area contributed by atoms with Crippen LogP contribution in [-0.4, -0.2) is 29.4 Å². The molecular weight excluding hydrogens is 260 g/mol. The van der Waals surface area contributed by atoms with Gasteiger partial charge in [0.15, 0.2) is 0 Å². The highest BCUT2D eigenvalue weighted by molar-refractivity contribution is 8.00. The third kappa shape index (κ3) is 7.51. The fraction of sp³-hybridized carbons (Fsp3) is 0.429. The van der Waals surface area contributed by atoms with Gasteiger partial charge in [0, 0.05) is 6.54 Å². The molecule has 0 radical (unpaired) electrons. The molecule has 0 aliphatic heterocycles. The van der Waals surface area contributed by atoms with Gasteiger partial charge in [-0.2, -0.15) is 0 Å². The van der Waals surface area contributed by atoms with Crippen LogP contribution in [0.25, 0.3) is 0 Å². The van der Waals surface area contributed by atoms with Crippen LogP contribution in [0.3, 0.4) is 0 Å². The van der Waals surface area contributed by atoms with Crippen LogP contribution < -0.4 is 10.6 Å². The average molecular weight is 280 g/mol. The standard InChI is InChI=1S/C14H20N2O2S/c1-11(2)19-10-14(18)16-9-13(17)15-8-12-6-4-3-5-7-12/h3-7,11H,8-10H2,1-2H3,(H,15,17)(H,16,18). The lowest BCUT2D eigenvalue weighted by Crippen LogP contribution is -2.37. The molecule has 2 N–H and O–H groups in total. The Labute approximate surface area is 118 Å². The van der Waals surface area contributed by atoms with Crippen LogP contribution in [0.2, 0.25) is 0 Å². The van der Waals surface area contributed by atoms with Gasteiger partial charge in [0.1, 0.15) is 0 Å². The molecule has 0 fully saturated rings. The number of hydrogen-bond donors (Lipinski definition) is 2. The van der Waals surface area contributed by atoms with Crippen LogP contribution in [0.15, 0.2) is 30.3 Å². The lowest BCUT2D eigenvalue weighted by Gasteiger charge is -2.08. The Kier molecular flexibility index (Phi) is 7.03. The zero-order chi connectivity index (χ0) is 14.1. The smallest absolute Gasteiger partial charge is 0.239 e. The Morgan fingerprint density at radius 2 is 1.79 bits per heavy atom. The first kappa shape index (κ1) is 15.6. The van der Waals surface area contributed by atoms with E-state index >= 15 is 0 Å². The molecule has 0 saturated carbocycles. The van der Waals surface area contributed by atoms with E-state index in [2.05, 4.69) is 10.6 Å². The number of carbonyl (C=O) groups excluding carboxylic acids is 2. The summed E-state index contributed by atoms with van der Waals surface area (Å²) in [4.78, 5) is 22.9. The molecule has 0 aromatic heterocycles. The Hall–Kier alpha value is -1.49. The van der Waals surface area contributed by atoms with Crippen LogP contribution in [-0.2, 0) is 16.1 Å².